The van der Waals surface area contributed by atoms with Crippen LogP contribution in [0.25, 0.3) is 0 Å². The summed E-state index contributed by atoms with van der Waals surface area (Å²) in [7, 11) is -3.66. The molecule has 0 unspecified atom stereocenters. The fraction of sp³-hybridized carbons (Fsp3) is 0.462. The molecule has 2 aliphatic rings. The minimum absolute atomic E-state index is 0. The third-order valence-corrected chi connectivity index (χ3v) is 5.05. The van der Waals surface area contributed by atoms with Crippen LogP contribution in [0.5, 0.6) is 0 Å². The second-order valence-electron chi connectivity index (χ2n) is 5.32. The molecule has 1 fully saturated rings. The number of nitrogens with zero attached hydrogens (tertiary/aromatic N) is 2. The SMILES string of the molecule is Cl.NS(=O)(=O)N1CCN(C(=O)c2ccc3c(c2)CNC3)CC1. The van der Waals surface area contributed by atoms with Gasteiger partial charge in [-0.15, -0.1) is 12.4 Å². The summed E-state index contributed by atoms with van der Waals surface area (Å²) in [5.41, 5.74) is 3.04. The second kappa shape index (κ2) is 6.51. The van der Waals surface area contributed by atoms with Gasteiger partial charge in [0.1, 0.15) is 0 Å². The summed E-state index contributed by atoms with van der Waals surface area (Å²) in [6.45, 7) is 2.86. The molecule has 2 aliphatic heterocycles. The lowest BCUT2D eigenvalue weighted by atomic mass is 10.1. The summed E-state index contributed by atoms with van der Waals surface area (Å²) in [4.78, 5) is 14.1. The van der Waals surface area contributed by atoms with Crippen molar-refractivity contribution in [1.29, 1.82) is 0 Å². The first-order chi connectivity index (χ1) is 9.95. The van der Waals surface area contributed by atoms with E-state index < -0.39 is 10.2 Å². The molecule has 0 aromatic heterocycles. The number of hydrogen-bond donors (Lipinski definition) is 2. The Morgan fingerprint density at radius 1 is 1.09 bits per heavy atom. The highest BCUT2D eigenvalue weighted by Crippen LogP contribution is 2.18. The number of carbonyl (C=O) groups excluding carboxylic acids is 1. The molecule has 0 radical (unpaired) electrons. The minimum atomic E-state index is -3.66. The fourth-order valence-electron chi connectivity index (χ4n) is 2.76. The normalized spacial score (nSPS) is 18.7. The minimum Gasteiger partial charge on any atom is -0.336 e. The van der Waals surface area contributed by atoms with E-state index in [2.05, 4.69) is 5.32 Å². The van der Waals surface area contributed by atoms with Gasteiger partial charge >= 0.3 is 0 Å². The molecular weight excluding hydrogens is 328 g/mol. The molecule has 0 aliphatic carbocycles. The number of nitrogens with two attached hydrogens (primary N) is 1. The average molecular weight is 347 g/mol. The molecule has 7 nitrogen and oxygen atoms in total. The largest absolute Gasteiger partial charge is 0.336 e. The van der Waals surface area contributed by atoms with Crippen molar-refractivity contribution >= 4 is 28.5 Å². The summed E-state index contributed by atoms with van der Waals surface area (Å²) >= 11 is 0. The van der Waals surface area contributed by atoms with Gasteiger partial charge in [-0.25, -0.2) is 5.14 Å². The molecule has 3 N–H and O–H groups in total. The van der Waals surface area contributed by atoms with Crippen molar-refractivity contribution in [2.24, 2.45) is 5.14 Å². The van der Waals surface area contributed by atoms with Crippen LogP contribution in [0.2, 0.25) is 0 Å². The van der Waals surface area contributed by atoms with Gasteiger partial charge in [-0.3, -0.25) is 4.79 Å². The smallest absolute Gasteiger partial charge is 0.277 e. The molecule has 22 heavy (non-hydrogen) atoms. The van der Waals surface area contributed by atoms with Gasteiger partial charge in [-0.05, 0) is 23.3 Å². The highest BCUT2D eigenvalue weighted by molar-refractivity contribution is 7.86. The van der Waals surface area contributed by atoms with Crippen molar-refractivity contribution in [3.63, 3.8) is 0 Å². The third-order valence-electron chi connectivity index (χ3n) is 3.97. The van der Waals surface area contributed by atoms with E-state index in [0.29, 0.717) is 18.7 Å². The molecule has 0 bridgehead atoms. The summed E-state index contributed by atoms with van der Waals surface area (Å²) in [6, 6.07) is 5.73. The molecule has 3 rings (SSSR count). The van der Waals surface area contributed by atoms with Crippen LogP contribution in [-0.2, 0) is 23.3 Å². The highest BCUT2D eigenvalue weighted by atomic mass is 35.5. The van der Waals surface area contributed by atoms with Crippen LogP contribution in [0.4, 0.5) is 0 Å². The number of piperazine rings is 1. The molecule has 2 heterocycles. The zero-order valence-electron chi connectivity index (χ0n) is 12.0. The Morgan fingerprint density at radius 3 is 2.36 bits per heavy atom. The monoisotopic (exact) mass is 346 g/mol. The quantitative estimate of drug-likeness (QED) is 0.766. The van der Waals surface area contributed by atoms with Crippen LogP contribution in [0.1, 0.15) is 21.5 Å². The Hall–Kier alpha value is -1.19. The Morgan fingerprint density at radius 2 is 1.73 bits per heavy atom. The van der Waals surface area contributed by atoms with E-state index in [1.54, 1.807) is 4.90 Å². The lowest BCUT2D eigenvalue weighted by Crippen LogP contribution is -2.52. The van der Waals surface area contributed by atoms with E-state index >= 15 is 0 Å². The van der Waals surface area contributed by atoms with Crippen LogP contribution in [0.3, 0.4) is 0 Å². The molecular formula is C13H19ClN4O3S. The maximum absolute atomic E-state index is 12.5. The third kappa shape index (κ3) is 3.41. The number of nitrogens with one attached hydrogen (secondary N) is 1. The second-order valence-corrected chi connectivity index (χ2v) is 6.87. The Kier molecular flexibility index (Phi) is 5.08. The first-order valence-electron chi connectivity index (χ1n) is 6.85. The average Bonchev–Trinajstić information content (AvgIpc) is 2.93. The molecule has 9 heteroatoms. The van der Waals surface area contributed by atoms with Gasteiger partial charge in [0, 0.05) is 44.8 Å². The zero-order chi connectivity index (χ0) is 15.0. The first kappa shape index (κ1) is 17.2. The van der Waals surface area contributed by atoms with Crippen LogP contribution < -0.4 is 10.5 Å². The predicted octanol–water partition coefficient (Wildman–Crippen LogP) is -0.327. The van der Waals surface area contributed by atoms with Crippen molar-refractivity contribution in [1.82, 2.24) is 14.5 Å². The van der Waals surface area contributed by atoms with Crippen molar-refractivity contribution in [2.75, 3.05) is 26.2 Å². The molecule has 0 spiro atoms. The molecule has 122 valence electrons. The van der Waals surface area contributed by atoms with E-state index in [-0.39, 0.29) is 31.4 Å². The molecule has 1 aromatic carbocycles. The highest BCUT2D eigenvalue weighted by Gasteiger charge is 2.27. The van der Waals surface area contributed by atoms with Crippen LogP contribution in [0, 0.1) is 0 Å². The maximum Gasteiger partial charge on any atom is 0.277 e. The Balaban J connectivity index is 0.00000176. The van der Waals surface area contributed by atoms with Gasteiger partial charge in [0.25, 0.3) is 16.1 Å². The van der Waals surface area contributed by atoms with Gasteiger partial charge in [0.05, 0.1) is 0 Å². The van der Waals surface area contributed by atoms with E-state index in [9.17, 15) is 13.2 Å². The first-order valence-corrected chi connectivity index (χ1v) is 8.35. The number of rotatable bonds is 2. The number of halogens is 1. The standard InChI is InChI=1S/C13H18N4O3S.ClH/c14-21(19,20)17-5-3-16(4-6-17)13(18)10-1-2-11-8-15-9-12(11)7-10;/h1-2,7,15H,3-6,8-9H2,(H2,14,19,20);1H. The lowest BCUT2D eigenvalue weighted by Gasteiger charge is -2.33. The summed E-state index contributed by atoms with van der Waals surface area (Å²) in [6.07, 6.45) is 0. The van der Waals surface area contributed by atoms with Crippen LogP contribution in [-0.4, -0.2) is 49.7 Å². The number of fused-ring (bicyclic) bond motifs is 1. The molecule has 1 amide bonds. The number of amides is 1. The number of hydrogen-bond acceptors (Lipinski definition) is 4. The van der Waals surface area contributed by atoms with E-state index in [0.717, 1.165) is 18.7 Å². The lowest BCUT2D eigenvalue weighted by molar-refractivity contribution is 0.0698. The van der Waals surface area contributed by atoms with Crippen molar-refractivity contribution < 1.29 is 13.2 Å². The summed E-state index contributed by atoms with van der Waals surface area (Å²) in [5.74, 6) is -0.0567. The predicted molar refractivity (Wildman–Crippen MR) is 84.8 cm³/mol. The summed E-state index contributed by atoms with van der Waals surface area (Å²) < 4.78 is 23.7. The topological polar surface area (TPSA) is 95.7 Å². The van der Waals surface area contributed by atoms with Gasteiger partial charge in [0.15, 0.2) is 0 Å². The Labute approximate surface area is 136 Å². The number of carbonyl (C=O) groups is 1. The van der Waals surface area contributed by atoms with Crippen LogP contribution >= 0.6 is 12.4 Å². The van der Waals surface area contributed by atoms with Crippen LogP contribution in [0.15, 0.2) is 18.2 Å². The summed E-state index contributed by atoms with van der Waals surface area (Å²) in [5, 5.41) is 8.34. The Bertz CT molecular complexity index is 672. The fourth-order valence-corrected chi connectivity index (χ4v) is 3.43. The van der Waals surface area contributed by atoms with Gasteiger partial charge < -0.3 is 10.2 Å². The zero-order valence-corrected chi connectivity index (χ0v) is 13.6. The van der Waals surface area contributed by atoms with Crippen molar-refractivity contribution in [2.45, 2.75) is 13.1 Å². The van der Waals surface area contributed by atoms with E-state index in [1.807, 2.05) is 18.2 Å². The molecule has 1 saturated heterocycles. The van der Waals surface area contributed by atoms with Crippen molar-refractivity contribution in [3.05, 3.63) is 34.9 Å². The van der Waals surface area contributed by atoms with E-state index in [4.69, 9.17) is 5.14 Å². The van der Waals surface area contributed by atoms with E-state index in [1.165, 1.54) is 9.87 Å². The van der Waals surface area contributed by atoms with Crippen molar-refractivity contribution in [3.8, 4) is 0 Å². The van der Waals surface area contributed by atoms with Gasteiger partial charge in [0.2, 0.25) is 0 Å². The van der Waals surface area contributed by atoms with Gasteiger partial charge in [-0.2, -0.15) is 12.7 Å². The maximum atomic E-state index is 12.5. The molecule has 0 atom stereocenters. The van der Waals surface area contributed by atoms with Gasteiger partial charge in [-0.1, -0.05) is 6.07 Å². The molecule has 1 aromatic rings. The number of benzene rings is 1. The molecule has 0 saturated carbocycles.